The molecule has 0 aliphatic rings. The van der Waals surface area contributed by atoms with Gasteiger partial charge in [-0.05, 0) is 36.8 Å². The Morgan fingerprint density at radius 2 is 1.75 bits per heavy atom. The van der Waals surface area contributed by atoms with Crippen LogP contribution in [0.3, 0.4) is 0 Å². The van der Waals surface area contributed by atoms with Crippen LogP contribution in [-0.4, -0.2) is 19.5 Å². The largest absolute Gasteiger partial charge is 0.387 e. The molecule has 1 amide bonds. The van der Waals surface area contributed by atoms with Crippen molar-refractivity contribution in [2.24, 2.45) is 17.8 Å². The Balaban J connectivity index is 2.79. The van der Waals surface area contributed by atoms with Crippen LogP contribution in [-0.2, 0) is 0 Å². The Hall–Kier alpha value is -1.51. The number of nitrogens with one attached hydrogen (secondary N) is 2. The molecule has 20 heavy (non-hydrogen) atoms. The van der Waals surface area contributed by atoms with Crippen molar-refractivity contribution < 1.29 is 4.79 Å². The fourth-order valence-corrected chi connectivity index (χ4v) is 2.61. The van der Waals surface area contributed by atoms with Crippen molar-refractivity contribution in [2.45, 2.75) is 34.6 Å². The van der Waals surface area contributed by atoms with Gasteiger partial charge in [-0.15, -0.1) is 0 Å². The molecule has 2 N–H and O–H groups in total. The first-order chi connectivity index (χ1) is 9.36. The minimum Gasteiger partial charge on any atom is -0.387 e. The van der Waals surface area contributed by atoms with E-state index in [9.17, 15) is 4.79 Å². The van der Waals surface area contributed by atoms with Gasteiger partial charge in [0, 0.05) is 19.3 Å². The summed E-state index contributed by atoms with van der Waals surface area (Å²) in [5.41, 5.74) is 2.69. The van der Waals surface area contributed by atoms with Gasteiger partial charge in [0.1, 0.15) is 0 Å². The van der Waals surface area contributed by atoms with Crippen molar-refractivity contribution in [1.29, 1.82) is 0 Å². The van der Waals surface area contributed by atoms with Gasteiger partial charge < -0.3 is 10.6 Å². The Labute approximate surface area is 123 Å². The molecule has 1 rings (SSSR count). The van der Waals surface area contributed by atoms with E-state index >= 15 is 0 Å². The lowest BCUT2D eigenvalue weighted by Crippen LogP contribution is -2.34. The molecule has 3 nitrogen and oxygen atoms in total. The molecule has 0 fully saturated rings. The maximum atomic E-state index is 12.4. The third-order valence-electron chi connectivity index (χ3n) is 3.90. The van der Waals surface area contributed by atoms with E-state index in [1.54, 1.807) is 0 Å². The van der Waals surface area contributed by atoms with Gasteiger partial charge in [0.2, 0.25) is 0 Å². The Morgan fingerprint density at radius 3 is 2.25 bits per heavy atom. The summed E-state index contributed by atoms with van der Waals surface area (Å²) in [5, 5.41) is 6.16. The molecule has 0 aromatic heterocycles. The Bertz CT molecular complexity index is 444. The van der Waals surface area contributed by atoms with Gasteiger partial charge in [-0.25, -0.2) is 0 Å². The summed E-state index contributed by atoms with van der Waals surface area (Å²) in [4.78, 5) is 12.4. The molecular weight excluding hydrogens is 248 g/mol. The van der Waals surface area contributed by atoms with Crippen molar-refractivity contribution in [2.75, 3.05) is 18.9 Å². The molecular formula is C17H28N2O. The van der Waals surface area contributed by atoms with Crippen LogP contribution in [0.4, 0.5) is 5.69 Å². The highest BCUT2D eigenvalue weighted by Gasteiger charge is 2.19. The van der Waals surface area contributed by atoms with Crippen LogP contribution in [0.1, 0.15) is 43.6 Å². The lowest BCUT2D eigenvalue weighted by molar-refractivity contribution is 0.0938. The van der Waals surface area contributed by atoms with Gasteiger partial charge >= 0.3 is 0 Å². The molecule has 1 aromatic rings. The molecule has 0 spiro atoms. The van der Waals surface area contributed by atoms with Crippen LogP contribution in [0.15, 0.2) is 18.2 Å². The molecule has 0 atom stereocenters. The fraction of sp³-hybridized carbons (Fsp3) is 0.588. The zero-order chi connectivity index (χ0) is 15.3. The third kappa shape index (κ3) is 4.26. The summed E-state index contributed by atoms with van der Waals surface area (Å²) >= 11 is 0. The van der Waals surface area contributed by atoms with Gasteiger partial charge in [-0.2, -0.15) is 0 Å². The van der Waals surface area contributed by atoms with E-state index in [2.05, 4.69) is 38.3 Å². The SMILES string of the molecule is CNc1ccc(C)cc1C(=O)NCC(C(C)C)C(C)C. The van der Waals surface area contributed by atoms with Crippen LogP contribution in [0.25, 0.3) is 0 Å². The minimum atomic E-state index is 0.00403. The molecule has 0 radical (unpaired) electrons. The Kier molecular flexibility index (Phi) is 6.05. The number of anilines is 1. The molecule has 0 bridgehead atoms. The molecule has 0 unspecified atom stereocenters. The topological polar surface area (TPSA) is 41.1 Å². The number of aryl methyl sites for hydroxylation is 1. The van der Waals surface area contributed by atoms with E-state index in [-0.39, 0.29) is 5.91 Å². The summed E-state index contributed by atoms with van der Waals surface area (Å²) in [7, 11) is 1.84. The second-order valence-electron chi connectivity index (χ2n) is 6.16. The summed E-state index contributed by atoms with van der Waals surface area (Å²) in [6, 6.07) is 5.89. The summed E-state index contributed by atoms with van der Waals surface area (Å²) in [5.74, 6) is 1.64. The lowest BCUT2D eigenvalue weighted by atomic mass is 9.85. The number of carbonyl (C=O) groups excluding carboxylic acids is 1. The first kappa shape index (κ1) is 16.5. The average molecular weight is 276 g/mol. The average Bonchev–Trinajstić information content (AvgIpc) is 2.37. The predicted molar refractivity (Wildman–Crippen MR) is 86.2 cm³/mol. The monoisotopic (exact) mass is 276 g/mol. The van der Waals surface area contributed by atoms with E-state index in [1.807, 2.05) is 32.2 Å². The van der Waals surface area contributed by atoms with Gasteiger partial charge in [0.25, 0.3) is 5.91 Å². The van der Waals surface area contributed by atoms with Crippen LogP contribution in [0.2, 0.25) is 0 Å². The summed E-state index contributed by atoms with van der Waals surface area (Å²) in [6.07, 6.45) is 0. The van der Waals surface area contributed by atoms with Crippen LogP contribution in [0, 0.1) is 24.7 Å². The third-order valence-corrected chi connectivity index (χ3v) is 3.90. The summed E-state index contributed by atoms with van der Waals surface area (Å²) < 4.78 is 0. The van der Waals surface area contributed by atoms with Crippen LogP contribution < -0.4 is 10.6 Å². The van der Waals surface area contributed by atoms with E-state index < -0.39 is 0 Å². The van der Waals surface area contributed by atoms with E-state index in [4.69, 9.17) is 0 Å². The number of rotatable bonds is 6. The molecule has 0 saturated carbocycles. The minimum absolute atomic E-state index is 0.00403. The number of hydrogen-bond donors (Lipinski definition) is 2. The smallest absolute Gasteiger partial charge is 0.253 e. The highest BCUT2D eigenvalue weighted by molar-refractivity contribution is 5.99. The second kappa shape index (κ2) is 7.32. The number of hydrogen-bond acceptors (Lipinski definition) is 2. The zero-order valence-electron chi connectivity index (χ0n) is 13.6. The van der Waals surface area contributed by atoms with Crippen LogP contribution in [0.5, 0.6) is 0 Å². The number of carbonyl (C=O) groups is 1. The molecule has 0 heterocycles. The number of amides is 1. The standard InChI is InChI=1S/C17H28N2O/c1-11(2)15(12(3)4)10-19-17(20)14-9-13(5)7-8-16(14)18-6/h7-9,11-12,15,18H,10H2,1-6H3,(H,19,20). The highest BCUT2D eigenvalue weighted by atomic mass is 16.1. The maximum absolute atomic E-state index is 12.4. The molecule has 1 aromatic carbocycles. The van der Waals surface area contributed by atoms with Gasteiger partial charge in [0.05, 0.1) is 5.56 Å². The fourth-order valence-electron chi connectivity index (χ4n) is 2.61. The normalized spacial score (nSPS) is 11.2. The maximum Gasteiger partial charge on any atom is 0.253 e. The first-order valence-corrected chi connectivity index (χ1v) is 7.43. The summed E-state index contributed by atoms with van der Waals surface area (Å²) in [6.45, 7) is 11.6. The van der Waals surface area contributed by atoms with Crippen molar-refractivity contribution in [3.63, 3.8) is 0 Å². The molecule has 3 heteroatoms. The molecule has 0 aliphatic heterocycles. The van der Waals surface area contributed by atoms with Gasteiger partial charge in [-0.1, -0.05) is 39.3 Å². The quantitative estimate of drug-likeness (QED) is 0.832. The van der Waals surface area contributed by atoms with E-state index in [1.165, 1.54) is 0 Å². The van der Waals surface area contributed by atoms with Crippen molar-refractivity contribution >= 4 is 11.6 Å². The van der Waals surface area contributed by atoms with Crippen molar-refractivity contribution in [3.05, 3.63) is 29.3 Å². The van der Waals surface area contributed by atoms with Gasteiger partial charge in [-0.3, -0.25) is 4.79 Å². The molecule has 0 saturated heterocycles. The van der Waals surface area contributed by atoms with Crippen molar-refractivity contribution in [3.8, 4) is 0 Å². The highest BCUT2D eigenvalue weighted by Crippen LogP contribution is 2.21. The van der Waals surface area contributed by atoms with Crippen LogP contribution >= 0.6 is 0 Å². The lowest BCUT2D eigenvalue weighted by Gasteiger charge is -2.25. The molecule has 0 aliphatic carbocycles. The Morgan fingerprint density at radius 1 is 1.15 bits per heavy atom. The van der Waals surface area contributed by atoms with Crippen molar-refractivity contribution in [1.82, 2.24) is 5.32 Å². The van der Waals surface area contributed by atoms with Gasteiger partial charge in [0.15, 0.2) is 0 Å². The molecule has 112 valence electrons. The first-order valence-electron chi connectivity index (χ1n) is 7.43. The van der Waals surface area contributed by atoms with E-state index in [0.717, 1.165) is 23.4 Å². The zero-order valence-corrected chi connectivity index (χ0v) is 13.6. The second-order valence-corrected chi connectivity index (χ2v) is 6.16. The van der Waals surface area contributed by atoms with E-state index in [0.29, 0.717) is 17.8 Å². The predicted octanol–water partition coefficient (Wildman–Crippen LogP) is 3.69. The number of benzene rings is 1.